The molecule has 4 heteroatoms. The van der Waals surface area contributed by atoms with E-state index in [-0.39, 0.29) is 12.0 Å². The van der Waals surface area contributed by atoms with Crippen LogP contribution in [0.2, 0.25) is 0 Å². The zero-order valence-electron chi connectivity index (χ0n) is 11.2. The number of nitrogens with zero attached hydrogens (tertiary/aromatic N) is 1. The summed E-state index contributed by atoms with van der Waals surface area (Å²) in [7, 11) is 0. The summed E-state index contributed by atoms with van der Waals surface area (Å²) in [5.41, 5.74) is 5.74. The fraction of sp³-hybridized carbons (Fsp3) is 0.923. The van der Waals surface area contributed by atoms with Crippen LogP contribution in [0.4, 0.5) is 0 Å². The second kappa shape index (κ2) is 7.67. The maximum atomic E-state index is 12.4. The van der Waals surface area contributed by atoms with Gasteiger partial charge in [0.25, 0.3) is 0 Å². The molecule has 0 aromatic carbocycles. The Morgan fingerprint density at radius 2 is 2.29 bits per heavy atom. The minimum atomic E-state index is 0.187. The van der Waals surface area contributed by atoms with Gasteiger partial charge in [-0.2, -0.15) is 0 Å². The first-order valence-corrected chi connectivity index (χ1v) is 6.95. The highest BCUT2D eigenvalue weighted by molar-refractivity contribution is 5.79. The highest BCUT2D eigenvalue weighted by Gasteiger charge is 2.29. The van der Waals surface area contributed by atoms with Crippen molar-refractivity contribution in [2.24, 2.45) is 11.7 Å². The third kappa shape index (κ3) is 3.96. The highest BCUT2D eigenvalue weighted by Crippen LogP contribution is 2.18. The average molecular weight is 241 g/mol. The summed E-state index contributed by atoms with van der Waals surface area (Å²) in [6, 6.07) is 0.187. The second-order valence-electron chi connectivity index (χ2n) is 4.87. The van der Waals surface area contributed by atoms with Crippen molar-refractivity contribution < 1.29 is 4.79 Å². The zero-order chi connectivity index (χ0) is 12.7. The summed E-state index contributed by atoms with van der Waals surface area (Å²) in [6.45, 7) is 7.38. The Bertz CT molecular complexity index is 233. The summed E-state index contributed by atoms with van der Waals surface area (Å²) < 4.78 is 0. The molecule has 1 saturated heterocycles. The normalized spacial score (nSPS) is 22.5. The van der Waals surface area contributed by atoms with E-state index in [1.807, 2.05) is 4.90 Å². The molecule has 3 N–H and O–H groups in total. The van der Waals surface area contributed by atoms with Gasteiger partial charge in [-0.1, -0.05) is 26.7 Å². The molecular formula is C13H27N3O. The van der Waals surface area contributed by atoms with Crippen LogP contribution in [-0.4, -0.2) is 43.0 Å². The molecule has 0 aliphatic carbocycles. The Morgan fingerprint density at radius 3 is 2.88 bits per heavy atom. The lowest BCUT2D eigenvalue weighted by atomic mass is 9.96. The van der Waals surface area contributed by atoms with Crippen molar-refractivity contribution in [3.05, 3.63) is 0 Å². The van der Waals surface area contributed by atoms with Crippen LogP contribution in [0.3, 0.4) is 0 Å². The third-order valence-electron chi connectivity index (χ3n) is 3.65. The van der Waals surface area contributed by atoms with E-state index in [9.17, 15) is 4.79 Å². The van der Waals surface area contributed by atoms with E-state index in [1.165, 1.54) is 0 Å². The molecule has 1 aliphatic rings. The maximum Gasteiger partial charge on any atom is 0.226 e. The topological polar surface area (TPSA) is 58.4 Å². The van der Waals surface area contributed by atoms with Gasteiger partial charge in [-0.25, -0.2) is 0 Å². The minimum absolute atomic E-state index is 0.187. The lowest BCUT2D eigenvalue weighted by Crippen LogP contribution is -2.57. The number of rotatable bonds is 6. The smallest absolute Gasteiger partial charge is 0.226 e. The molecule has 0 saturated carbocycles. The van der Waals surface area contributed by atoms with E-state index in [0.717, 1.165) is 45.3 Å². The molecule has 0 spiro atoms. The SMILES string of the molecule is CCCCC(CC)C(=O)N1CCNCC1CN. The van der Waals surface area contributed by atoms with Crippen LogP contribution in [0.1, 0.15) is 39.5 Å². The fourth-order valence-corrected chi connectivity index (χ4v) is 2.45. The van der Waals surface area contributed by atoms with E-state index < -0.39 is 0 Å². The number of carbonyl (C=O) groups is 1. The second-order valence-corrected chi connectivity index (χ2v) is 4.87. The van der Waals surface area contributed by atoms with Crippen LogP contribution in [0.25, 0.3) is 0 Å². The number of nitrogens with one attached hydrogen (secondary N) is 1. The van der Waals surface area contributed by atoms with E-state index in [1.54, 1.807) is 0 Å². The first kappa shape index (κ1) is 14.5. The molecule has 0 aromatic rings. The lowest BCUT2D eigenvalue weighted by Gasteiger charge is -2.37. The predicted molar refractivity (Wildman–Crippen MR) is 70.7 cm³/mol. The molecule has 2 unspecified atom stereocenters. The average Bonchev–Trinajstić information content (AvgIpc) is 2.39. The molecule has 1 fully saturated rings. The first-order valence-electron chi connectivity index (χ1n) is 6.95. The Hall–Kier alpha value is -0.610. The van der Waals surface area contributed by atoms with Gasteiger partial charge in [0.1, 0.15) is 0 Å². The van der Waals surface area contributed by atoms with E-state index >= 15 is 0 Å². The highest BCUT2D eigenvalue weighted by atomic mass is 16.2. The Balaban J connectivity index is 2.57. The van der Waals surface area contributed by atoms with Gasteiger partial charge in [-0.3, -0.25) is 4.79 Å². The summed E-state index contributed by atoms with van der Waals surface area (Å²) in [6.07, 6.45) is 4.27. The number of piperazine rings is 1. The maximum absolute atomic E-state index is 12.4. The van der Waals surface area contributed by atoms with Gasteiger partial charge in [0, 0.05) is 32.1 Å². The molecule has 0 radical (unpaired) electrons. The van der Waals surface area contributed by atoms with Gasteiger partial charge in [0.15, 0.2) is 0 Å². The van der Waals surface area contributed by atoms with Crippen molar-refractivity contribution >= 4 is 5.91 Å². The molecule has 0 aromatic heterocycles. The number of nitrogens with two attached hydrogens (primary N) is 1. The Morgan fingerprint density at radius 1 is 1.53 bits per heavy atom. The summed E-state index contributed by atoms with van der Waals surface area (Å²) >= 11 is 0. The van der Waals surface area contributed by atoms with Crippen LogP contribution in [0.15, 0.2) is 0 Å². The zero-order valence-corrected chi connectivity index (χ0v) is 11.2. The summed E-state index contributed by atoms with van der Waals surface area (Å²) in [4.78, 5) is 14.4. The van der Waals surface area contributed by atoms with E-state index in [2.05, 4.69) is 19.2 Å². The molecule has 1 aliphatic heterocycles. The summed E-state index contributed by atoms with van der Waals surface area (Å²) in [5.74, 6) is 0.514. The van der Waals surface area contributed by atoms with Gasteiger partial charge in [-0.05, 0) is 12.8 Å². The van der Waals surface area contributed by atoms with Crippen LogP contribution in [0.5, 0.6) is 0 Å². The molecule has 1 rings (SSSR count). The van der Waals surface area contributed by atoms with Gasteiger partial charge in [0.2, 0.25) is 5.91 Å². The minimum Gasteiger partial charge on any atom is -0.336 e. The van der Waals surface area contributed by atoms with Crippen molar-refractivity contribution in [1.82, 2.24) is 10.2 Å². The van der Waals surface area contributed by atoms with Crippen LogP contribution < -0.4 is 11.1 Å². The van der Waals surface area contributed by atoms with E-state index in [4.69, 9.17) is 5.73 Å². The molecule has 0 bridgehead atoms. The van der Waals surface area contributed by atoms with Gasteiger partial charge in [0.05, 0.1) is 6.04 Å². The largest absolute Gasteiger partial charge is 0.336 e. The third-order valence-corrected chi connectivity index (χ3v) is 3.65. The van der Waals surface area contributed by atoms with Crippen LogP contribution >= 0.6 is 0 Å². The molecule has 4 nitrogen and oxygen atoms in total. The van der Waals surface area contributed by atoms with Gasteiger partial charge in [-0.15, -0.1) is 0 Å². The van der Waals surface area contributed by atoms with Crippen molar-refractivity contribution in [3.8, 4) is 0 Å². The molecule has 17 heavy (non-hydrogen) atoms. The van der Waals surface area contributed by atoms with Crippen LogP contribution in [-0.2, 0) is 4.79 Å². The molecule has 100 valence electrons. The quantitative estimate of drug-likeness (QED) is 0.728. The Labute approximate surface area is 105 Å². The molecule has 2 atom stereocenters. The number of hydrogen-bond acceptors (Lipinski definition) is 3. The molecule has 1 heterocycles. The number of carbonyl (C=O) groups excluding carboxylic acids is 1. The number of hydrogen-bond donors (Lipinski definition) is 2. The van der Waals surface area contributed by atoms with Crippen molar-refractivity contribution in [1.29, 1.82) is 0 Å². The molecule has 1 amide bonds. The number of unbranched alkanes of at least 4 members (excludes halogenated alkanes) is 1. The van der Waals surface area contributed by atoms with Crippen molar-refractivity contribution in [3.63, 3.8) is 0 Å². The standard InChI is InChI=1S/C13H27N3O/c1-3-5-6-11(4-2)13(17)16-8-7-15-10-12(16)9-14/h11-12,15H,3-10,14H2,1-2H3. The molecular weight excluding hydrogens is 214 g/mol. The van der Waals surface area contributed by atoms with E-state index in [0.29, 0.717) is 12.5 Å². The van der Waals surface area contributed by atoms with Crippen molar-refractivity contribution in [2.75, 3.05) is 26.2 Å². The predicted octanol–water partition coefficient (Wildman–Crippen LogP) is 0.962. The van der Waals surface area contributed by atoms with Gasteiger partial charge < -0.3 is 16.0 Å². The lowest BCUT2D eigenvalue weighted by molar-refractivity contribution is -0.139. The van der Waals surface area contributed by atoms with Crippen LogP contribution in [0, 0.1) is 5.92 Å². The Kier molecular flexibility index (Phi) is 6.52. The van der Waals surface area contributed by atoms with Crippen molar-refractivity contribution in [2.45, 2.75) is 45.6 Å². The first-order chi connectivity index (χ1) is 8.24. The monoisotopic (exact) mass is 241 g/mol. The summed E-state index contributed by atoms with van der Waals surface area (Å²) in [5, 5.41) is 3.30. The fourth-order valence-electron chi connectivity index (χ4n) is 2.45. The number of amides is 1. The van der Waals surface area contributed by atoms with Gasteiger partial charge >= 0.3 is 0 Å².